The van der Waals surface area contributed by atoms with Crippen LogP contribution in [0.3, 0.4) is 0 Å². The van der Waals surface area contributed by atoms with Gasteiger partial charge in [-0.2, -0.15) is 0 Å². The second-order valence-corrected chi connectivity index (χ2v) is 5.17. The van der Waals surface area contributed by atoms with E-state index in [4.69, 9.17) is 0 Å². The molecule has 1 fully saturated rings. The van der Waals surface area contributed by atoms with Gasteiger partial charge in [0, 0.05) is 6.54 Å². The van der Waals surface area contributed by atoms with Crippen LogP contribution in [0.15, 0.2) is 10.8 Å². The Morgan fingerprint density at radius 3 is 2.71 bits per heavy atom. The molecule has 0 aromatic carbocycles. The highest BCUT2D eigenvalue weighted by Crippen LogP contribution is 2.40. The van der Waals surface area contributed by atoms with Crippen LogP contribution in [0.5, 0.6) is 0 Å². The molecular formula is C11H17BrN4O. The van der Waals surface area contributed by atoms with E-state index in [1.54, 1.807) is 0 Å². The van der Waals surface area contributed by atoms with Crippen molar-refractivity contribution in [3.63, 3.8) is 0 Å². The van der Waals surface area contributed by atoms with Gasteiger partial charge >= 0.3 is 0 Å². The fraction of sp³-hybridized carbons (Fsp3) is 0.636. The van der Waals surface area contributed by atoms with Crippen LogP contribution >= 0.6 is 15.9 Å². The van der Waals surface area contributed by atoms with E-state index in [0.717, 1.165) is 41.9 Å². The smallest absolute Gasteiger partial charge is 0.146 e. The lowest BCUT2D eigenvalue weighted by molar-refractivity contribution is 0.266. The van der Waals surface area contributed by atoms with Crippen LogP contribution in [0, 0.1) is 0 Å². The average molecular weight is 301 g/mol. The van der Waals surface area contributed by atoms with E-state index in [2.05, 4.69) is 43.5 Å². The molecule has 0 atom stereocenters. The van der Waals surface area contributed by atoms with Crippen LogP contribution in [-0.2, 0) is 0 Å². The van der Waals surface area contributed by atoms with Crippen molar-refractivity contribution in [3.8, 4) is 0 Å². The van der Waals surface area contributed by atoms with E-state index < -0.39 is 0 Å². The molecule has 3 N–H and O–H groups in total. The summed E-state index contributed by atoms with van der Waals surface area (Å²) in [5.74, 6) is 1.53. The van der Waals surface area contributed by atoms with Crippen molar-refractivity contribution in [2.75, 3.05) is 23.8 Å². The highest BCUT2D eigenvalue weighted by Gasteiger charge is 2.42. The minimum absolute atomic E-state index is 0.140. The molecule has 0 unspecified atom stereocenters. The first-order chi connectivity index (χ1) is 8.21. The summed E-state index contributed by atoms with van der Waals surface area (Å²) in [5.41, 5.74) is -0.168. The molecule has 2 rings (SSSR count). The highest BCUT2D eigenvalue weighted by molar-refractivity contribution is 9.10. The maximum absolute atomic E-state index is 9.28. The minimum Gasteiger partial charge on any atom is -0.394 e. The van der Waals surface area contributed by atoms with Gasteiger partial charge in [-0.1, -0.05) is 6.92 Å². The Morgan fingerprint density at radius 1 is 1.41 bits per heavy atom. The number of hydrogen-bond donors (Lipinski definition) is 3. The Bertz CT molecular complexity index is 395. The van der Waals surface area contributed by atoms with Crippen LogP contribution in [0.4, 0.5) is 11.6 Å². The fourth-order valence-electron chi connectivity index (χ4n) is 1.55. The van der Waals surface area contributed by atoms with Crippen molar-refractivity contribution in [2.24, 2.45) is 0 Å². The molecule has 6 heteroatoms. The maximum Gasteiger partial charge on any atom is 0.146 e. The summed E-state index contributed by atoms with van der Waals surface area (Å²) in [5, 5.41) is 15.8. The number of nitrogens with one attached hydrogen (secondary N) is 2. The number of aliphatic hydroxyl groups is 1. The monoisotopic (exact) mass is 300 g/mol. The molecule has 0 amide bonds. The lowest BCUT2D eigenvalue weighted by atomic mass is 10.3. The lowest BCUT2D eigenvalue weighted by Crippen LogP contribution is -2.26. The number of hydrogen-bond acceptors (Lipinski definition) is 5. The Labute approximate surface area is 109 Å². The molecule has 1 saturated carbocycles. The summed E-state index contributed by atoms with van der Waals surface area (Å²) in [6.45, 7) is 3.12. The van der Waals surface area contributed by atoms with Gasteiger partial charge in [-0.25, -0.2) is 9.97 Å². The van der Waals surface area contributed by atoms with Crippen LogP contribution < -0.4 is 10.6 Å². The molecule has 94 valence electrons. The fourth-order valence-corrected chi connectivity index (χ4v) is 1.99. The number of rotatable bonds is 6. The van der Waals surface area contributed by atoms with Gasteiger partial charge in [-0.3, -0.25) is 0 Å². The SMILES string of the molecule is CCCNc1ncnc(NC2(CO)CC2)c1Br. The average Bonchev–Trinajstić information content (AvgIpc) is 3.11. The van der Waals surface area contributed by atoms with Gasteiger partial charge in [0.1, 0.15) is 22.4 Å². The summed E-state index contributed by atoms with van der Waals surface area (Å²) < 4.78 is 0.827. The second kappa shape index (κ2) is 5.18. The van der Waals surface area contributed by atoms with Gasteiger partial charge in [0.2, 0.25) is 0 Å². The van der Waals surface area contributed by atoms with E-state index in [0.29, 0.717) is 0 Å². The Balaban J connectivity index is 2.11. The Hall–Kier alpha value is -0.880. The molecule has 1 heterocycles. The van der Waals surface area contributed by atoms with E-state index in [1.807, 2.05) is 0 Å². The summed E-state index contributed by atoms with van der Waals surface area (Å²) in [7, 11) is 0. The zero-order valence-corrected chi connectivity index (χ0v) is 11.4. The number of nitrogens with zero attached hydrogens (tertiary/aromatic N) is 2. The van der Waals surface area contributed by atoms with Gasteiger partial charge in [0.15, 0.2) is 0 Å². The van der Waals surface area contributed by atoms with Crippen molar-refractivity contribution in [1.82, 2.24) is 9.97 Å². The normalized spacial score (nSPS) is 16.6. The molecule has 0 aliphatic heterocycles. The van der Waals surface area contributed by atoms with E-state index >= 15 is 0 Å². The first-order valence-corrected chi connectivity index (χ1v) is 6.63. The summed E-state index contributed by atoms with van der Waals surface area (Å²) in [6, 6.07) is 0. The molecule has 1 aromatic heterocycles. The van der Waals surface area contributed by atoms with Gasteiger partial charge in [0.05, 0.1) is 12.1 Å². The summed E-state index contributed by atoms with van der Waals surface area (Å²) in [6.07, 6.45) is 4.54. The van der Waals surface area contributed by atoms with Crippen LogP contribution in [0.25, 0.3) is 0 Å². The number of aromatic nitrogens is 2. The molecule has 5 nitrogen and oxygen atoms in total. The first kappa shape index (κ1) is 12.6. The van der Waals surface area contributed by atoms with E-state index in [9.17, 15) is 5.11 Å². The molecule has 0 radical (unpaired) electrons. The lowest BCUT2D eigenvalue weighted by Gasteiger charge is -2.17. The number of halogens is 1. The Kier molecular flexibility index (Phi) is 3.83. The number of anilines is 2. The van der Waals surface area contributed by atoms with Gasteiger partial charge in [-0.15, -0.1) is 0 Å². The van der Waals surface area contributed by atoms with E-state index in [-0.39, 0.29) is 12.1 Å². The summed E-state index contributed by atoms with van der Waals surface area (Å²) in [4.78, 5) is 8.38. The molecule has 0 spiro atoms. The highest BCUT2D eigenvalue weighted by atomic mass is 79.9. The quantitative estimate of drug-likeness (QED) is 0.750. The molecule has 1 aliphatic rings. The molecule has 1 aromatic rings. The second-order valence-electron chi connectivity index (χ2n) is 4.38. The summed E-state index contributed by atoms with van der Waals surface area (Å²) >= 11 is 3.49. The van der Waals surface area contributed by atoms with Crippen LogP contribution in [0.1, 0.15) is 26.2 Å². The largest absolute Gasteiger partial charge is 0.394 e. The third kappa shape index (κ3) is 2.87. The van der Waals surface area contributed by atoms with Crippen molar-refractivity contribution < 1.29 is 5.11 Å². The molecule has 0 saturated heterocycles. The predicted octanol–water partition coefficient (Wildman–Crippen LogP) is 2.00. The third-order valence-corrected chi connectivity index (χ3v) is 3.62. The third-order valence-electron chi connectivity index (χ3n) is 2.87. The zero-order chi connectivity index (χ0) is 12.3. The van der Waals surface area contributed by atoms with Gasteiger partial charge < -0.3 is 15.7 Å². The maximum atomic E-state index is 9.28. The van der Waals surface area contributed by atoms with Gasteiger partial charge in [0.25, 0.3) is 0 Å². The standard InChI is InChI=1S/C11H17BrN4O/c1-2-5-13-9-8(12)10(15-7-14-9)16-11(6-17)3-4-11/h7,17H,2-6H2,1H3,(H2,13,14,15,16). The van der Waals surface area contributed by atoms with Crippen LogP contribution in [-0.4, -0.2) is 33.8 Å². The van der Waals surface area contributed by atoms with Crippen molar-refractivity contribution in [2.45, 2.75) is 31.7 Å². The minimum atomic E-state index is -0.168. The molecule has 1 aliphatic carbocycles. The van der Waals surface area contributed by atoms with Crippen LogP contribution in [0.2, 0.25) is 0 Å². The molecular weight excluding hydrogens is 284 g/mol. The Morgan fingerprint density at radius 2 is 2.12 bits per heavy atom. The van der Waals surface area contributed by atoms with E-state index in [1.165, 1.54) is 6.33 Å². The van der Waals surface area contributed by atoms with Crippen molar-refractivity contribution in [1.29, 1.82) is 0 Å². The predicted molar refractivity (Wildman–Crippen MR) is 71.2 cm³/mol. The zero-order valence-electron chi connectivity index (χ0n) is 9.83. The van der Waals surface area contributed by atoms with Crippen molar-refractivity contribution in [3.05, 3.63) is 10.8 Å². The van der Waals surface area contributed by atoms with Gasteiger partial charge in [-0.05, 0) is 35.2 Å². The van der Waals surface area contributed by atoms with Crippen molar-refractivity contribution >= 4 is 27.6 Å². The molecule has 0 bridgehead atoms. The number of aliphatic hydroxyl groups excluding tert-OH is 1. The topological polar surface area (TPSA) is 70.1 Å². The molecule has 17 heavy (non-hydrogen) atoms. The first-order valence-electron chi connectivity index (χ1n) is 5.84.